The van der Waals surface area contributed by atoms with Crippen LogP contribution in [0.3, 0.4) is 0 Å². The second-order valence-corrected chi connectivity index (χ2v) is 7.55. The van der Waals surface area contributed by atoms with E-state index >= 15 is 0 Å². The molecule has 1 saturated carbocycles. The largest absolute Gasteiger partial charge is 0.353 e. The quantitative estimate of drug-likeness (QED) is 0.819. The van der Waals surface area contributed by atoms with Crippen LogP contribution in [0.5, 0.6) is 0 Å². The van der Waals surface area contributed by atoms with Crippen molar-refractivity contribution in [3.05, 3.63) is 0 Å². The van der Waals surface area contributed by atoms with E-state index in [2.05, 4.69) is 15.5 Å². The topological polar surface area (TPSA) is 44.4 Å². The summed E-state index contributed by atoms with van der Waals surface area (Å²) in [6, 6.07) is 1.27. The molecule has 0 aromatic rings. The maximum absolute atomic E-state index is 12.2. The normalized spacial score (nSPS) is 26.4. The van der Waals surface area contributed by atoms with E-state index in [1.807, 2.05) is 0 Å². The second kappa shape index (κ2) is 8.30. The van der Waals surface area contributed by atoms with Gasteiger partial charge in [-0.25, -0.2) is 0 Å². The summed E-state index contributed by atoms with van der Waals surface area (Å²) in [5.41, 5.74) is 0. The van der Waals surface area contributed by atoms with Gasteiger partial charge in [0.05, 0.1) is 0 Å². The highest BCUT2D eigenvalue weighted by atomic mass is 16.1. The van der Waals surface area contributed by atoms with Crippen molar-refractivity contribution in [1.29, 1.82) is 0 Å². The summed E-state index contributed by atoms with van der Waals surface area (Å²) >= 11 is 0. The number of nitrogens with zero attached hydrogens (tertiary/aromatic N) is 1. The minimum atomic E-state index is 0.290. The summed E-state index contributed by atoms with van der Waals surface area (Å²) in [4.78, 5) is 14.8. The smallest absolute Gasteiger partial charge is 0.220 e. The lowest BCUT2D eigenvalue weighted by Gasteiger charge is -2.36. The van der Waals surface area contributed by atoms with E-state index < -0.39 is 0 Å². The third-order valence-electron chi connectivity index (χ3n) is 5.97. The monoisotopic (exact) mass is 307 g/mol. The summed E-state index contributed by atoms with van der Waals surface area (Å²) in [7, 11) is 0. The van der Waals surface area contributed by atoms with Crippen LogP contribution in [0.2, 0.25) is 0 Å². The standard InChI is InChI=1S/C18H33N3O/c22-18(6-5-15-7-11-19-12-8-15)20-16-9-13-21(14-10-16)17-3-1-2-4-17/h15-17,19H,1-14H2,(H,20,22). The van der Waals surface area contributed by atoms with Crippen molar-refractivity contribution in [1.82, 2.24) is 15.5 Å². The highest BCUT2D eigenvalue weighted by molar-refractivity contribution is 5.76. The molecular formula is C18H33N3O. The van der Waals surface area contributed by atoms with Crippen LogP contribution in [0.4, 0.5) is 0 Å². The summed E-state index contributed by atoms with van der Waals surface area (Å²) in [5.74, 6) is 1.05. The van der Waals surface area contributed by atoms with E-state index in [-0.39, 0.29) is 5.91 Å². The van der Waals surface area contributed by atoms with Gasteiger partial charge in [0, 0.05) is 31.6 Å². The predicted molar refractivity (Wildman–Crippen MR) is 89.8 cm³/mol. The third kappa shape index (κ3) is 4.69. The molecular weight excluding hydrogens is 274 g/mol. The van der Waals surface area contributed by atoms with Crippen LogP contribution in [-0.4, -0.2) is 49.1 Å². The van der Waals surface area contributed by atoms with Gasteiger partial charge in [-0.15, -0.1) is 0 Å². The first-order chi connectivity index (χ1) is 10.8. The minimum Gasteiger partial charge on any atom is -0.353 e. The second-order valence-electron chi connectivity index (χ2n) is 7.55. The Balaban J connectivity index is 1.30. The number of carbonyl (C=O) groups excluding carboxylic acids is 1. The molecule has 0 aromatic carbocycles. The minimum absolute atomic E-state index is 0.290. The van der Waals surface area contributed by atoms with E-state index in [1.165, 1.54) is 51.6 Å². The Hall–Kier alpha value is -0.610. The molecule has 1 amide bonds. The Kier molecular flexibility index (Phi) is 6.13. The summed E-state index contributed by atoms with van der Waals surface area (Å²) < 4.78 is 0. The van der Waals surface area contributed by atoms with E-state index in [4.69, 9.17) is 0 Å². The van der Waals surface area contributed by atoms with Gasteiger partial charge < -0.3 is 15.5 Å². The maximum atomic E-state index is 12.2. The predicted octanol–water partition coefficient (Wildman–Crippen LogP) is 2.29. The Morgan fingerprint density at radius 1 is 1.00 bits per heavy atom. The number of nitrogens with one attached hydrogen (secondary N) is 2. The van der Waals surface area contributed by atoms with Gasteiger partial charge in [0.25, 0.3) is 0 Å². The van der Waals surface area contributed by atoms with Gasteiger partial charge >= 0.3 is 0 Å². The third-order valence-corrected chi connectivity index (χ3v) is 5.97. The van der Waals surface area contributed by atoms with Crippen molar-refractivity contribution >= 4 is 5.91 Å². The van der Waals surface area contributed by atoms with E-state index in [0.29, 0.717) is 6.04 Å². The zero-order valence-corrected chi connectivity index (χ0v) is 14.0. The molecule has 3 aliphatic rings. The van der Waals surface area contributed by atoms with Crippen LogP contribution in [0, 0.1) is 5.92 Å². The molecule has 2 saturated heterocycles. The Morgan fingerprint density at radius 2 is 1.68 bits per heavy atom. The SMILES string of the molecule is O=C(CCC1CCNCC1)NC1CCN(C2CCCC2)CC1. The van der Waals surface area contributed by atoms with Gasteiger partial charge in [0.15, 0.2) is 0 Å². The lowest BCUT2D eigenvalue weighted by molar-refractivity contribution is -0.122. The number of carbonyl (C=O) groups is 1. The Morgan fingerprint density at radius 3 is 2.36 bits per heavy atom. The fourth-order valence-corrected chi connectivity index (χ4v) is 4.48. The number of likely N-dealkylation sites (tertiary alicyclic amines) is 1. The van der Waals surface area contributed by atoms with E-state index in [9.17, 15) is 4.79 Å². The first kappa shape index (κ1) is 16.3. The van der Waals surface area contributed by atoms with Gasteiger partial charge in [0.2, 0.25) is 5.91 Å². The molecule has 0 spiro atoms. The molecule has 126 valence electrons. The summed E-state index contributed by atoms with van der Waals surface area (Å²) in [5, 5.41) is 6.68. The van der Waals surface area contributed by atoms with Crippen LogP contribution in [-0.2, 0) is 4.79 Å². The molecule has 22 heavy (non-hydrogen) atoms. The highest BCUT2D eigenvalue weighted by Crippen LogP contribution is 2.26. The highest BCUT2D eigenvalue weighted by Gasteiger charge is 2.27. The molecule has 2 aliphatic heterocycles. The molecule has 2 heterocycles. The molecule has 0 bridgehead atoms. The zero-order chi connectivity index (χ0) is 15.2. The van der Waals surface area contributed by atoms with Crippen LogP contribution in [0.15, 0.2) is 0 Å². The molecule has 3 rings (SSSR count). The van der Waals surface area contributed by atoms with Crippen LogP contribution >= 0.6 is 0 Å². The molecule has 4 heteroatoms. The fourth-order valence-electron chi connectivity index (χ4n) is 4.48. The number of piperidine rings is 2. The van der Waals surface area contributed by atoms with Gasteiger partial charge in [0.1, 0.15) is 0 Å². The van der Waals surface area contributed by atoms with Crippen molar-refractivity contribution in [2.24, 2.45) is 5.92 Å². The van der Waals surface area contributed by atoms with Crippen molar-refractivity contribution < 1.29 is 4.79 Å². The van der Waals surface area contributed by atoms with Crippen molar-refractivity contribution in [2.75, 3.05) is 26.2 Å². The number of rotatable bonds is 5. The van der Waals surface area contributed by atoms with Crippen molar-refractivity contribution in [3.8, 4) is 0 Å². The molecule has 2 N–H and O–H groups in total. The van der Waals surface area contributed by atoms with Gasteiger partial charge in [-0.3, -0.25) is 4.79 Å². The van der Waals surface area contributed by atoms with Gasteiger partial charge in [-0.1, -0.05) is 12.8 Å². The molecule has 1 aliphatic carbocycles. The average molecular weight is 307 g/mol. The Labute approximate surface area is 135 Å². The molecule has 0 aromatic heterocycles. The molecule has 3 fully saturated rings. The van der Waals surface area contributed by atoms with Crippen LogP contribution in [0.1, 0.15) is 64.2 Å². The zero-order valence-electron chi connectivity index (χ0n) is 14.0. The Bertz CT molecular complexity index is 340. The lowest BCUT2D eigenvalue weighted by Crippen LogP contribution is -2.47. The van der Waals surface area contributed by atoms with Gasteiger partial charge in [-0.05, 0) is 64.0 Å². The number of hydrogen-bond donors (Lipinski definition) is 2. The molecule has 0 atom stereocenters. The van der Waals surface area contributed by atoms with E-state index in [0.717, 1.165) is 50.7 Å². The van der Waals surface area contributed by atoms with Crippen molar-refractivity contribution in [3.63, 3.8) is 0 Å². The lowest BCUT2D eigenvalue weighted by atomic mass is 9.93. The van der Waals surface area contributed by atoms with E-state index in [1.54, 1.807) is 0 Å². The van der Waals surface area contributed by atoms with Crippen LogP contribution in [0.25, 0.3) is 0 Å². The summed E-state index contributed by atoms with van der Waals surface area (Å²) in [6.45, 7) is 4.63. The number of amides is 1. The maximum Gasteiger partial charge on any atom is 0.220 e. The van der Waals surface area contributed by atoms with Crippen molar-refractivity contribution in [2.45, 2.75) is 76.3 Å². The number of hydrogen-bond acceptors (Lipinski definition) is 3. The first-order valence-corrected chi connectivity index (χ1v) is 9.55. The molecule has 0 radical (unpaired) electrons. The molecule has 0 unspecified atom stereocenters. The molecule has 4 nitrogen and oxygen atoms in total. The van der Waals surface area contributed by atoms with Crippen LogP contribution < -0.4 is 10.6 Å². The average Bonchev–Trinajstić information content (AvgIpc) is 3.09. The first-order valence-electron chi connectivity index (χ1n) is 9.55. The fraction of sp³-hybridized carbons (Fsp3) is 0.944. The summed E-state index contributed by atoms with van der Waals surface area (Å²) in [6.07, 6.45) is 12.2. The van der Waals surface area contributed by atoms with Gasteiger partial charge in [-0.2, -0.15) is 0 Å².